The minimum Gasteiger partial charge on any atom is -0.477 e. The molecule has 2 aliphatic rings. The average molecular weight is 1190 g/mol. The summed E-state index contributed by atoms with van der Waals surface area (Å²) in [5.41, 5.74) is 22.2. The van der Waals surface area contributed by atoms with Crippen LogP contribution in [0.4, 0.5) is 14.4 Å². The summed E-state index contributed by atoms with van der Waals surface area (Å²) >= 11 is 0. The molecule has 0 spiro atoms. The number of guanidine groups is 2. The zero-order valence-electron chi connectivity index (χ0n) is 46.8. The van der Waals surface area contributed by atoms with Crippen LogP contribution in [0.3, 0.4) is 0 Å². The minimum absolute atomic E-state index is 0.0170. The Bertz CT molecular complexity index is 2100. The van der Waals surface area contributed by atoms with E-state index < -0.39 is 139 Å². The predicted octanol–water partition coefficient (Wildman–Crippen LogP) is -5.08. The normalized spacial score (nSPS) is 19.6. The molecule has 2 rings (SSSR count). The van der Waals surface area contributed by atoms with Crippen molar-refractivity contribution in [1.29, 1.82) is 0 Å². The van der Waals surface area contributed by atoms with Gasteiger partial charge in [0.1, 0.15) is 25.4 Å². The number of ether oxygens (including phenoxy) is 10. The number of aliphatic hydroxyl groups is 4. The van der Waals surface area contributed by atoms with Crippen LogP contribution in [0.1, 0.15) is 33.1 Å². The topological polar surface area (TPSA) is 496 Å². The summed E-state index contributed by atoms with van der Waals surface area (Å²) < 4.78 is 54.9. The molecule has 2 aliphatic heterocycles. The van der Waals surface area contributed by atoms with Crippen molar-refractivity contribution in [1.82, 2.24) is 25.3 Å². The number of hydrogen-bond donors (Lipinski definition) is 12. The summed E-state index contributed by atoms with van der Waals surface area (Å²) in [4.78, 5) is 100. The number of aliphatic imine (C=N–C) groups is 2. The molecule has 34 nitrogen and oxygen atoms in total. The van der Waals surface area contributed by atoms with Gasteiger partial charge in [0.05, 0.1) is 96.8 Å². The van der Waals surface area contributed by atoms with Gasteiger partial charge in [0.2, 0.25) is 23.3 Å². The summed E-state index contributed by atoms with van der Waals surface area (Å²) in [6, 6.07) is -5.14. The first kappa shape index (κ1) is 71.6. The Morgan fingerprint density at radius 1 is 0.602 bits per heavy atom. The van der Waals surface area contributed by atoms with Crippen molar-refractivity contribution in [2.45, 2.75) is 93.9 Å². The molecule has 2 heterocycles. The fourth-order valence-corrected chi connectivity index (χ4v) is 7.80. The molecule has 0 saturated carbocycles. The first-order chi connectivity index (χ1) is 39.4. The van der Waals surface area contributed by atoms with Crippen molar-refractivity contribution < 1.29 is 112 Å². The van der Waals surface area contributed by atoms with Gasteiger partial charge in [-0.15, -0.1) is 6.42 Å². The Hall–Kier alpha value is -7.49. The van der Waals surface area contributed by atoms with E-state index in [9.17, 15) is 64.2 Å². The standard InChI is InChI=1S/C49H81N11O23/c1-6-14-74-17-18-76-19-20-77-21-22-78-23-24-79-49(73)60(11-9-7-8-10-58(4)47(71)82-39(33(65)27-61)41-37(54-29(2)63)31(56-45(50)51)25-35(80-41)43(67)68)13-16-75-15-12-59(5)48(72)83-40(34(66)28-62)42-38(55-30(3)64)32(57-46(52)53)26-36(81-42)44(69)70/h1,25-26,31-34,37-42,61-62,65-66H,7-24,27-28H2,2-5H3,(H,54,63)(H,55,64)(H,67,68)(H,69,70)(H4,50,51,56)(H4,52,53,57)/t31-,32-,33+,34+,37+,38+,39+,40+,41+,42+/m0/s1. The fraction of sp³-hybridized carbons (Fsp3) is 0.694. The van der Waals surface area contributed by atoms with Crippen LogP contribution < -0.4 is 33.6 Å². The highest BCUT2D eigenvalue weighted by atomic mass is 16.6. The number of hydrogen-bond acceptors (Lipinski definition) is 23. The van der Waals surface area contributed by atoms with Crippen molar-refractivity contribution in [2.24, 2.45) is 32.9 Å². The number of terminal acetylenes is 1. The van der Waals surface area contributed by atoms with Gasteiger partial charge in [-0.2, -0.15) is 0 Å². The van der Waals surface area contributed by atoms with Crippen LogP contribution in [0.2, 0.25) is 0 Å². The molecule has 0 fully saturated rings. The summed E-state index contributed by atoms with van der Waals surface area (Å²) in [5, 5.41) is 66.0. The Morgan fingerprint density at radius 3 is 1.41 bits per heavy atom. The van der Waals surface area contributed by atoms with E-state index in [2.05, 4.69) is 26.5 Å². The number of rotatable bonds is 39. The third-order valence-corrected chi connectivity index (χ3v) is 11.8. The molecular weight excluding hydrogens is 1110 g/mol. The average Bonchev–Trinajstić information content (AvgIpc) is 3.62. The molecule has 0 aromatic carbocycles. The van der Waals surface area contributed by atoms with Crippen LogP contribution >= 0.6 is 0 Å². The molecule has 0 aromatic heterocycles. The summed E-state index contributed by atoms with van der Waals surface area (Å²) in [6.45, 7) is 1.97. The second-order valence-corrected chi connectivity index (χ2v) is 18.3. The quantitative estimate of drug-likeness (QED) is 0.00901. The highest BCUT2D eigenvalue weighted by molar-refractivity contribution is 5.86. The lowest BCUT2D eigenvalue weighted by molar-refractivity contribution is -0.147. The van der Waals surface area contributed by atoms with Gasteiger partial charge >= 0.3 is 30.2 Å². The summed E-state index contributed by atoms with van der Waals surface area (Å²) in [5.74, 6) is -4.45. The lowest BCUT2D eigenvalue weighted by Crippen LogP contribution is -2.61. The SMILES string of the molecule is C#CCOCCOCCOCCOCCOC(=O)N(CCCCCN(C)C(=O)O[C@@H]([C@@H]1OC(C(=O)O)=C[C@H](N=C(N)N)[C@H]1NC(C)=O)[C@H](O)CO)CCOCCN(C)C(=O)O[C@@H]([C@@H]1OC(C(=O)O)=C[C@H](N=C(N)N)[C@H]1NC(C)=O)[C@H](O)CO. The largest absolute Gasteiger partial charge is 0.477 e. The zero-order valence-corrected chi connectivity index (χ0v) is 46.8. The maximum absolute atomic E-state index is 13.4. The number of carbonyl (C=O) groups is 7. The van der Waals surface area contributed by atoms with Crippen LogP contribution in [0.5, 0.6) is 0 Å². The van der Waals surface area contributed by atoms with E-state index in [1.807, 2.05) is 0 Å². The molecule has 10 atom stereocenters. The van der Waals surface area contributed by atoms with Gasteiger partial charge in [0, 0.05) is 54.1 Å². The fourth-order valence-electron chi connectivity index (χ4n) is 7.80. The maximum atomic E-state index is 13.4. The van der Waals surface area contributed by atoms with Gasteiger partial charge in [0.15, 0.2) is 36.3 Å². The second kappa shape index (κ2) is 39.1. The molecule has 470 valence electrons. The van der Waals surface area contributed by atoms with E-state index in [0.717, 1.165) is 35.8 Å². The number of aliphatic carboxylic acids is 2. The number of carboxylic acids is 2. The summed E-state index contributed by atoms with van der Waals surface area (Å²) in [7, 11) is 2.68. The van der Waals surface area contributed by atoms with E-state index in [1.54, 1.807) is 0 Å². The number of nitrogens with two attached hydrogens (primary N) is 4. The number of nitrogens with one attached hydrogen (secondary N) is 2. The van der Waals surface area contributed by atoms with Gasteiger partial charge in [-0.1, -0.05) is 5.92 Å². The van der Waals surface area contributed by atoms with Crippen LogP contribution in [0, 0.1) is 12.3 Å². The third-order valence-electron chi connectivity index (χ3n) is 11.8. The smallest absolute Gasteiger partial charge is 0.410 e. The number of carboxylic acid groups (broad SMARTS) is 2. The number of amides is 5. The van der Waals surface area contributed by atoms with Crippen LogP contribution in [-0.2, 0) is 66.5 Å². The Kier molecular flexibility index (Phi) is 33.7. The number of unbranched alkanes of at least 4 members (excludes halogenated alkanes) is 2. The van der Waals surface area contributed by atoms with E-state index >= 15 is 0 Å². The van der Waals surface area contributed by atoms with Crippen LogP contribution in [0.25, 0.3) is 0 Å². The predicted molar refractivity (Wildman–Crippen MR) is 287 cm³/mol. The number of aliphatic hydroxyl groups excluding tert-OH is 4. The van der Waals surface area contributed by atoms with Gasteiger partial charge in [-0.05, 0) is 31.4 Å². The van der Waals surface area contributed by atoms with Gasteiger partial charge in [0.25, 0.3) is 0 Å². The lowest BCUT2D eigenvalue weighted by Gasteiger charge is -2.40. The van der Waals surface area contributed by atoms with Crippen molar-refractivity contribution in [2.75, 3.05) is 126 Å². The monoisotopic (exact) mass is 1190 g/mol. The highest BCUT2D eigenvalue weighted by Gasteiger charge is 2.48. The second-order valence-electron chi connectivity index (χ2n) is 18.3. The van der Waals surface area contributed by atoms with Crippen molar-refractivity contribution >= 4 is 54.0 Å². The first-order valence-electron chi connectivity index (χ1n) is 26.1. The summed E-state index contributed by atoms with van der Waals surface area (Å²) in [6.07, 6.45) is -5.12. The van der Waals surface area contributed by atoms with Crippen LogP contribution in [-0.4, -0.2) is 286 Å². The molecule has 0 unspecified atom stereocenters. The lowest BCUT2D eigenvalue weighted by atomic mass is 9.92. The van der Waals surface area contributed by atoms with Crippen molar-refractivity contribution in [3.8, 4) is 12.3 Å². The number of carbonyl (C=O) groups excluding carboxylic acids is 5. The molecule has 0 aliphatic carbocycles. The van der Waals surface area contributed by atoms with E-state index in [4.69, 9.17) is 76.7 Å². The molecule has 83 heavy (non-hydrogen) atoms. The molecule has 0 radical (unpaired) electrons. The molecule has 0 aromatic rings. The molecule has 5 amide bonds. The van der Waals surface area contributed by atoms with Gasteiger partial charge in [-0.25, -0.2) is 34.0 Å². The number of likely N-dealkylation sites (N-methyl/N-ethyl adjacent to an activating group) is 1. The molecule has 0 saturated heterocycles. The Morgan fingerprint density at radius 2 is 1.00 bits per heavy atom. The van der Waals surface area contributed by atoms with Gasteiger partial charge < -0.3 is 126 Å². The van der Waals surface area contributed by atoms with E-state index in [-0.39, 0.29) is 72.4 Å². The van der Waals surface area contributed by atoms with E-state index in [0.29, 0.717) is 45.7 Å². The number of nitrogens with zero attached hydrogens (tertiary/aromatic N) is 5. The van der Waals surface area contributed by atoms with E-state index in [1.165, 1.54) is 19.0 Å². The van der Waals surface area contributed by atoms with Gasteiger partial charge in [-0.3, -0.25) is 9.59 Å². The Balaban J connectivity index is 2.10. The molecular formula is C49H81N11O23. The maximum Gasteiger partial charge on any atom is 0.410 e. The van der Waals surface area contributed by atoms with Crippen LogP contribution in [0.15, 0.2) is 33.7 Å². The van der Waals surface area contributed by atoms with Crippen molar-refractivity contribution in [3.05, 3.63) is 23.7 Å². The molecule has 34 heteroatoms. The first-order valence-corrected chi connectivity index (χ1v) is 26.1. The van der Waals surface area contributed by atoms with Crippen molar-refractivity contribution in [3.63, 3.8) is 0 Å². The minimum atomic E-state index is -1.87. The Labute approximate surface area is 478 Å². The molecule has 0 bridgehead atoms. The zero-order chi connectivity index (χ0) is 62.0. The molecule has 16 N–H and O–H groups in total. The third kappa shape index (κ3) is 27.0. The highest BCUT2D eigenvalue weighted by Crippen LogP contribution is 2.29.